The molecule has 0 aliphatic heterocycles. The summed E-state index contributed by atoms with van der Waals surface area (Å²) in [6, 6.07) is 0. The maximum absolute atomic E-state index is 8.64. The molecule has 8 heavy (non-hydrogen) atoms. The Morgan fingerprint density at radius 1 is 1.75 bits per heavy atom. The Balaban J connectivity index is 2.86. The molecule has 0 unspecified atom stereocenters. The van der Waals surface area contributed by atoms with E-state index in [0.29, 0.717) is 6.32 Å². The van der Waals surface area contributed by atoms with Crippen molar-refractivity contribution >= 4 is 7.12 Å². The number of nitrogens with two attached hydrogens (primary N) is 1. The van der Waals surface area contributed by atoms with Crippen molar-refractivity contribution in [3.05, 3.63) is 0 Å². The van der Waals surface area contributed by atoms with Gasteiger partial charge in [0.2, 0.25) is 0 Å². The van der Waals surface area contributed by atoms with Crippen LogP contribution in [0.5, 0.6) is 0 Å². The average molecular weight is 117 g/mol. The van der Waals surface area contributed by atoms with Crippen LogP contribution in [-0.2, 0) is 4.76 Å². The van der Waals surface area contributed by atoms with Crippen LogP contribution in [0.4, 0.5) is 0 Å². The second-order valence-corrected chi connectivity index (χ2v) is 1.73. The molecule has 0 spiro atoms. The maximum atomic E-state index is 8.64. The minimum absolute atomic E-state index is 0.632. The van der Waals surface area contributed by atoms with Gasteiger partial charge >= 0.3 is 7.12 Å². The van der Waals surface area contributed by atoms with Crippen molar-refractivity contribution in [2.75, 3.05) is 0 Å². The van der Waals surface area contributed by atoms with E-state index in [1.807, 2.05) is 6.92 Å². The number of unbranched alkanes of at least 4 members (excludes halogenated alkanes) is 1. The molecule has 3 N–H and O–H groups in total. The van der Waals surface area contributed by atoms with Crippen LogP contribution >= 0.6 is 0 Å². The molecule has 0 aromatic rings. The van der Waals surface area contributed by atoms with E-state index in [9.17, 15) is 0 Å². The molecule has 4 heteroatoms. The predicted molar refractivity (Wildman–Crippen MR) is 33.0 cm³/mol. The number of hydrogen-bond donors (Lipinski definition) is 2. The molecule has 0 radical (unpaired) electrons. The van der Waals surface area contributed by atoms with E-state index in [1.54, 1.807) is 0 Å². The van der Waals surface area contributed by atoms with Gasteiger partial charge in [0.15, 0.2) is 0 Å². The van der Waals surface area contributed by atoms with Gasteiger partial charge in [-0.25, -0.2) is 5.90 Å². The standard InChI is InChI=1S/C4H12BNO2/c1-2-3-4-5(7)8-6/h7H,2-4,6H2,1H3. The van der Waals surface area contributed by atoms with E-state index in [2.05, 4.69) is 10.7 Å². The molecule has 0 saturated heterocycles. The van der Waals surface area contributed by atoms with Gasteiger partial charge < -0.3 is 9.78 Å². The summed E-state index contributed by atoms with van der Waals surface area (Å²) in [6.45, 7) is 2.04. The summed E-state index contributed by atoms with van der Waals surface area (Å²) in [5.41, 5.74) is 0. The van der Waals surface area contributed by atoms with Gasteiger partial charge in [-0.2, -0.15) is 0 Å². The van der Waals surface area contributed by atoms with Crippen LogP contribution in [0.25, 0.3) is 0 Å². The lowest BCUT2D eigenvalue weighted by molar-refractivity contribution is 0.267. The first kappa shape index (κ1) is 7.94. The predicted octanol–water partition coefficient (Wildman–Crippen LogP) is 0.157. The molecule has 0 aliphatic rings. The van der Waals surface area contributed by atoms with E-state index in [0.717, 1.165) is 12.8 Å². The van der Waals surface area contributed by atoms with Crippen molar-refractivity contribution in [2.24, 2.45) is 5.90 Å². The summed E-state index contributed by atoms with van der Waals surface area (Å²) in [7, 11) is -0.769. The zero-order valence-electron chi connectivity index (χ0n) is 5.13. The van der Waals surface area contributed by atoms with Crippen LogP contribution < -0.4 is 5.90 Å². The third kappa shape index (κ3) is 4.11. The highest BCUT2D eigenvalue weighted by molar-refractivity contribution is 6.42. The molecule has 0 saturated carbocycles. The van der Waals surface area contributed by atoms with E-state index < -0.39 is 7.12 Å². The Kier molecular flexibility index (Phi) is 5.05. The SMILES string of the molecule is CCCCB(O)ON. The molecule has 0 aliphatic carbocycles. The summed E-state index contributed by atoms with van der Waals surface area (Å²) in [6.07, 6.45) is 2.64. The second-order valence-electron chi connectivity index (χ2n) is 1.73. The number of rotatable bonds is 4. The molecule has 0 aromatic heterocycles. The molecule has 0 rings (SSSR count). The first-order valence-corrected chi connectivity index (χ1v) is 2.84. The highest BCUT2D eigenvalue weighted by atomic mass is 16.6. The monoisotopic (exact) mass is 117 g/mol. The highest BCUT2D eigenvalue weighted by Gasteiger charge is 2.08. The van der Waals surface area contributed by atoms with E-state index in [-0.39, 0.29) is 0 Å². The fraction of sp³-hybridized carbons (Fsp3) is 1.00. The van der Waals surface area contributed by atoms with Crippen molar-refractivity contribution in [1.29, 1.82) is 0 Å². The number of hydrogen-bond acceptors (Lipinski definition) is 3. The first-order valence-electron chi connectivity index (χ1n) is 2.84. The molecule has 0 atom stereocenters. The minimum Gasteiger partial charge on any atom is -0.426 e. The lowest BCUT2D eigenvalue weighted by atomic mass is 9.84. The third-order valence-corrected chi connectivity index (χ3v) is 0.962. The van der Waals surface area contributed by atoms with Gasteiger partial charge in [-0.15, -0.1) is 0 Å². The molecule has 0 amide bonds. The van der Waals surface area contributed by atoms with Crippen LogP contribution in [0.2, 0.25) is 6.32 Å². The Morgan fingerprint density at radius 2 is 2.38 bits per heavy atom. The Bertz CT molecular complexity index is 53.3. The first-order chi connectivity index (χ1) is 3.81. The quantitative estimate of drug-likeness (QED) is 0.407. The van der Waals surface area contributed by atoms with Gasteiger partial charge in [0.25, 0.3) is 0 Å². The van der Waals surface area contributed by atoms with Gasteiger partial charge in [-0.1, -0.05) is 19.8 Å². The summed E-state index contributed by atoms with van der Waals surface area (Å²) in [5, 5.41) is 8.64. The lowest BCUT2D eigenvalue weighted by Gasteiger charge is -1.98. The van der Waals surface area contributed by atoms with E-state index in [1.165, 1.54) is 0 Å². The van der Waals surface area contributed by atoms with Gasteiger partial charge in [0, 0.05) is 0 Å². The molecule has 0 bridgehead atoms. The Morgan fingerprint density at radius 3 is 2.75 bits per heavy atom. The fourth-order valence-corrected chi connectivity index (χ4v) is 0.447. The molecular formula is C4H12BNO2. The molecule has 3 nitrogen and oxygen atoms in total. The zero-order chi connectivity index (χ0) is 6.41. The molecule has 0 fully saturated rings. The van der Waals surface area contributed by atoms with E-state index in [4.69, 9.17) is 5.02 Å². The van der Waals surface area contributed by atoms with Crippen LogP contribution in [0.15, 0.2) is 0 Å². The maximum Gasteiger partial charge on any atom is 0.471 e. The van der Waals surface area contributed by atoms with Gasteiger partial charge in [-0.05, 0) is 6.32 Å². The van der Waals surface area contributed by atoms with E-state index >= 15 is 0 Å². The van der Waals surface area contributed by atoms with Crippen molar-refractivity contribution in [3.63, 3.8) is 0 Å². The van der Waals surface area contributed by atoms with Crippen molar-refractivity contribution in [1.82, 2.24) is 0 Å². The molecule has 0 heterocycles. The molecule has 48 valence electrons. The van der Waals surface area contributed by atoms with Gasteiger partial charge in [0.05, 0.1) is 0 Å². The van der Waals surface area contributed by atoms with Gasteiger partial charge in [-0.3, -0.25) is 0 Å². The summed E-state index contributed by atoms with van der Waals surface area (Å²) < 4.78 is 4.11. The van der Waals surface area contributed by atoms with Crippen molar-refractivity contribution in [2.45, 2.75) is 26.1 Å². The van der Waals surface area contributed by atoms with Crippen LogP contribution in [0.1, 0.15) is 19.8 Å². The largest absolute Gasteiger partial charge is 0.471 e. The Labute approximate surface area is 49.9 Å². The Hall–Kier alpha value is -0.0551. The van der Waals surface area contributed by atoms with Crippen molar-refractivity contribution < 1.29 is 9.78 Å². The smallest absolute Gasteiger partial charge is 0.426 e. The van der Waals surface area contributed by atoms with Crippen LogP contribution in [0, 0.1) is 0 Å². The highest BCUT2D eigenvalue weighted by Crippen LogP contribution is 1.96. The normalized spacial score (nSPS) is 9.38. The molecular weight excluding hydrogens is 105 g/mol. The fourth-order valence-electron chi connectivity index (χ4n) is 0.447. The van der Waals surface area contributed by atoms with Gasteiger partial charge in [0.1, 0.15) is 0 Å². The van der Waals surface area contributed by atoms with Crippen LogP contribution in [-0.4, -0.2) is 12.1 Å². The summed E-state index contributed by atoms with van der Waals surface area (Å²) in [4.78, 5) is 0. The minimum atomic E-state index is -0.769. The van der Waals surface area contributed by atoms with Crippen molar-refractivity contribution in [3.8, 4) is 0 Å². The second kappa shape index (κ2) is 5.09. The average Bonchev–Trinajstić information content (AvgIpc) is 1.83. The molecule has 0 aromatic carbocycles. The van der Waals surface area contributed by atoms with Crippen LogP contribution in [0.3, 0.4) is 0 Å². The third-order valence-electron chi connectivity index (χ3n) is 0.962. The summed E-state index contributed by atoms with van der Waals surface area (Å²) >= 11 is 0. The summed E-state index contributed by atoms with van der Waals surface area (Å²) in [5.74, 6) is 4.66. The lowest BCUT2D eigenvalue weighted by Crippen LogP contribution is -2.21. The zero-order valence-corrected chi connectivity index (χ0v) is 5.13. The topological polar surface area (TPSA) is 55.5 Å².